The highest BCUT2D eigenvalue weighted by molar-refractivity contribution is 5.81. The maximum Gasteiger partial charge on any atom is 0.222 e. The normalized spacial score (nSPS) is 18.5. The lowest BCUT2D eigenvalue weighted by Gasteiger charge is -2.31. The number of hydrogen-bond donors (Lipinski definition) is 2. The molecule has 8 heteroatoms. The van der Waals surface area contributed by atoms with Gasteiger partial charge in [-0.3, -0.25) is 9.79 Å². The van der Waals surface area contributed by atoms with Crippen LogP contribution in [0.4, 0.5) is 8.78 Å². The smallest absolute Gasteiger partial charge is 0.222 e. The van der Waals surface area contributed by atoms with E-state index < -0.39 is 11.6 Å². The van der Waals surface area contributed by atoms with Gasteiger partial charge < -0.3 is 20.3 Å². The van der Waals surface area contributed by atoms with Gasteiger partial charge in [-0.1, -0.05) is 0 Å². The summed E-state index contributed by atoms with van der Waals surface area (Å²) < 4.78 is 31.2. The summed E-state index contributed by atoms with van der Waals surface area (Å²) in [5.41, 5.74) is 0. The summed E-state index contributed by atoms with van der Waals surface area (Å²) >= 11 is 0. The van der Waals surface area contributed by atoms with Crippen LogP contribution >= 0.6 is 0 Å². The second-order valence-electron chi connectivity index (χ2n) is 5.58. The Morgan fingerprint density at radius 1 is 1.42 bits per heavy atom. The van der Waals surface area contributed by atoms with Gasteiger partial charge in [0.2, 0.25) is 5.91 Å². The lowest BCUT2D eigenvalue weighted by Crippen LogP contribution is -2.52. The topological polar surface area (TPSA) is 66.0 Å². The van der Waals surface area contributed by atoms with Gasteiger partial charge in [0.05, 0.1) is 6.54 Å². The number of ether oxygens (including phenoxy) is 1. The molecule has 1 atom stereocenters. The van der Waals surface area contributed by atoms with Gasteiger partial charge in [0, 0.05) is 39.2 Å². The molecular weight excluding hydrogens is 318 g/mol. The maximum absolute atomic E-state index is 13.1. The number of aliphatic imine (C=N–C) groups is 1. The van der Waals surface area contributed by atoms with Crippen LogP contribution in [0, 0.1) is 11.6 Å². The molecule has 1 aromatic rings. The minimum Gasteiger partial charge on any atom is -0.492 e. The van der Waals surface area contributed by atoms with Crippen LogP contribution in [0.3, 0.4) is 0 Å². The quantitative estimate of drug-likeness (QED) is 0.479. The number of benzene rings is 1. The summed E-state index contributed by atoms with van der Waals surface area (Å²) in [5, 5.41) is 6.33. The Morgan fingerprint density at radius 2 is 2.21 bits per heavy atom. The van der Waals surface area contributed by atoms with E-state index in [1.165, 1.54) is 6.07 Å². The van der Waals surface area contributed by atoms with E-state index in [4.69, 9.17) is 4.74 Å². The van der Waals surface area contributed by atoms with Crippen LogP contribution in [0.5, 0.6) is 5.75 Å². The number of carbonyl (C=O) groups is 1. The zero-order valence-corrected chi connectivity index (χ0v) is 13.8. The number of amides is 1. The Balaban J connectivity index is 1.72. The number of guanidine groups is 1. The first-order valence-corrected chi connectivity index (χ1v) is 7.78. The molecule has 1 aromatic carbocycles. The summed E-state index contributed by atoms with van der Waals surface area (Å²) in [6.07, 6.45) is 1.28. The maximum atomic E-state index is 13.1. The molecule has 132 valence electrons. The summed E-state index contributed by atoms with van der Waals surface area (Å²) in [4.78, 5) is 17.3. The summed E-state index contributed by atoms with van der Waals surface area (Å²) in [6.45, 7) is 1.35. The number of likely N-dealkylation sites (tertiary alicyclic amines) is 1. The molecule has 1 amide bonds. The Kier molecular flexibility index (Phi) is 6.34. The van der Waals surface area contributed by atoms with E-state index in [0.29, 0.717) is 25.5 Å². The third kappa shape index (κ3) is 5.07. The number of nitrogens with one attached hydrogen (secondary N) is 2. The molecule has 2 rings (SSSR count). The Morgan fingerprint density at radius 3 is 2.88 bits per heavy atom. The average molecular weight is 340 g/mol. The van der Waals surface area contributed by atoms with Gasteiger partial charge in [0.15, 0.2) is 17.6 Å². The lowest BCUT2D eigenvalue weighted by molar-refractivity contribution is -0.132. The fourth-order valence-electron chi connectivity index (χ4n) is 2.42. The molecule has 2 N–H and O–H groups in total. The number of nitrogens with zero attached hydrogens (tertiary/aromatic N) is 2. The molecule has 1 aliphatic heterocycles. The largest absolute Gasteiger partial charge is 0.492 e. The predicted octanol–water partition coefficient (Wildman–Crippen LogP) is 1.13. The zero-order valence-electron chi connectivity index (χ0n) is 13.8. The van der Waals surface area contributed by atoms with Gasteiger partial charge in [0.1, 0.15) is 12.4 Å². The molecular formula is C16H22F2N4O2. The van der Waals surface area contributed by atoms with Gasteiger partial charge >= 0.3 is 0 Å². The zero-order chi connectivity index (χ0) is 17.5. The van der Waals surface area contributed by atoms with Crippen molar-refractivity contribution in [2.75, 3.05) is 33.8 Å². The summed E-state index contributed by atoms with van der Waals surface area (Å²) in [7, 11) is 3.44. The third-order valence-corrected chi connectivity index (χ3v) is 3.75. The van der Waals surface area contributed by atoms with Crippen molar-refractivity contribution < 1.29 is 18.3 Å². The first-order valence-electron chi connectivity index (χ1n) is 7.78. The number of hydrogen-bond acceptors (Lipinski definition) is 3. The molecule has 0 spiro atoms. The van der Waals surface area contributed by atoms with Crippen LogP contribution < -0.4 is 15.4 Å². The number of rotatable bonds is 5. The molecule has 1 saturated heterocycles. The first kappa shape index (κ1) is 18.0. The average Bonchev–Trinajstić information content (AvgIpc) is 2.57. The highest BCUT2D eigenvalue weighted by Gasteiger charge is 2.23. The Bertz CT molecular complexity index is 610. The van der Waals surface area contributed by atoms with Crippen LogP contribution in [-0.4, -0.2) is 56.6 Å². The first-order chi connectivity index (χ1) is 11.5. The number of likely N-dealkylation sites (N-methyl/N-ethyl adjacent to an activating group) is 1. The second-order valence-corrected chi connectivity index (χ2v) is 5.58. The van der Waals surface area contributed by atoms with E-state index in [-0.39, 0.29) is 24.3 Å². The van der Waals surface area contributed by atoms with Crippen molar-refractivity contribution in [3.8, 4) is 5.75 Å². The van der Waals surface area contributed by atoms with Crippen molar-refractivity contribution in [3.05, 3.63) is 29.8 Å². The van der Waals surface area contributed by atoms with Crippen molar-refractivity contribution in [1.29, 1.82) is 0 Å². The highest BCUT2D eigenvalue weighted by Crippen LogP contribution is 2.15. The Hall–Kier alpha value is -2.38. The van der Waals surface area contributed by atoms with Crippen LogP contribution in [0.25, 0.3) is 0 Å². The van der Waals surface area contributed by atoms with Crippen LogP contribution in [0.2, 0.25) is 0 Å². The minimum atomic E-state index is -0.936. The molecule has 1 unspecified atom stereocenters. The van der Waals surface area contributed by atoms with Crippen molar-refractivity contribution in [3.63, 3.8) is 0 Å². The molecule has 6 nitrogen and oxygen atoms in total. The predicted molar refractivity (Wildman–Crippen MR) is 87.0 cm³/mol. The van der Waals surface area contributed by atoms with Gasteiger partial charge in [0.25, 0.3) is 0 Å². The van der Waals surface area contributed by atoms with Gasteiger partial charge in [-0.2, -0.15) is 0 Å². The van der Waals surface area contributed by atoms with E-state index in [2.05, 4.69) is 15.6 Å². The van der Waals surface area contributed by atoms with Crippen LogP contribution in [-0.2, 0) is 4.79 Å². The minimum absolute atomic E-state index is 0.144. The van der Waals surface area contributed by atoms with E-state index in [1.54, 1.807) is 19.0 Å². The van der Waals surface area contributed by atoms with E-state index in [0.717, 1.165) is 18.6 Å². The highest BCUT2D eigenvalue weighted by atomic mass is 19.2. The van der Waals surface area contributed by atoms with E-state index in [1.807, 2.05) is 0 Å². The van der Waals surface area contributed by atoms with Crippen molar-refractivity contribution in [2.45, 2.75) is 18.9 Å². The summed E-state index contributed by atoms with van der Waals surface area (Å²) in [6, 6.07) is 3.56. The number of carbonyl (C=O) groups excluding carboxylic acids is 1. The monoisotopic (exact) mass is 340 g/mol. The molecule has 1 aliphatic rings. The Labute approximate surface area is 139 Å². The van der Waals surface area contributed by atoms with Crippen LogP contribution in [0.15, 0.2) is 23.2 Å². The standard InChI is InChI=1S/C16H22F2N4O2/c1-19-16(21-11-3-6-15(23)22(2)10-11)20-7-8-24-12-4-5-13(17)14(18)9-12/h4-5,9,11H,3,6-8,10H2,1-2H3,(H2,19,20,21). The fraction of sp³-hybridized carbons (Fsp3) is 0.500. The van der Waals surface area contributed by atoms with Crippen molar-refractivity contribution >= 4 is 11.9 Å². The fourth-order valence-corrected chi connectivity index (χ4v) is 2.42. The lowest BCUT2D eigenvalue weighted by atomic mass is 10.1. The number of halogens is 2. The molecule has 1 fully saturated rings. The molecule has 0 bridgehead atoms. The molecule has 24 heavy (non-hydrogen) atoms. The molecule has 0 radical (unpaired) electrons. The van der Waals surface area contributed by atoms with Gasteiger partial charge in [-0.25, -0.2) is 8.78 Å². The molecule has 0 saturated carbocycles. The molecule has 0 aliphatic carbocycles. The van der Waals surface area contributed by atoms with Crippen LogP contribution in [0.1, 0.15) is 12.8 Å². The molecule has 0 aromatic heterocycles. The second kappa shape index (κ2) is 8.47. The molecule has 1 heterocycles. The van der Waals surface area contributed by atoms with E-state index >= 15 is 0 Å². The SMILES string of the molecule is CN=C(NCCOc1ccc(F)c(F)c1)NC1CCC(=O)N(C)C1. The van der Waals surface area contributed by atoms with Gasteiger partial charge in [-0.15, -0.1) is 0 Å². The van der Waals surface area contributed by atoms with Crippen molar-refractivity contribution in [2.24, 2.45) is 4.99 Å². The van der Waals surface area contributed by atoms with Crippen molar-refractivity contribution in [1.82, 2.24) is 15.5 Å². The third-order valence-electron chi connectivity index (χ3n) is 3.75. The van der Waals surface area contributed by atoms with E-state index in [9.17, 15) is 13.6 Å². The summed E-state index contributed by atoms with van der Waals surface area (Å²) in [5.74, 6) is -0.812. The van der Waals surface area contributed by atoms with Gasteiger partial charge in [-0.05, 0) is 18.6 Å². The number of piperidine rings is 1.